The molecule has 0 rings (SSSR count). The van der Waals surface area contributed by atoms with E-state index in [1.807, 2.05) is 0 Å². The lowest BCUT2D eigenvalue weighted by atomic mass is 9.85. The summed E-state index contributed by atoms with van der Waals surface area (Å²) in [5.41, 5.74) is 0. The van der Waals surface area contributed by atoms with Gasteiger partial charge in [0.25, 0.3) is 0 Å². The number of hydrogen-bond acceptors (Lipinski definition) is 1. The van der Waals surface area contributed by atoms with Crippen LogP contribution in [0, 0.1) is 11.8 Å². The Morgan fingerprint density at radius 2 is 1.50 bits per heavy atom. The molecule has 0 heterocycles. The van der Waals surface area contributed by atoms with Gasteiger partial charge in [0.2, 0.25) is 0 Å². The maximum Gasteiger partial charge on any atom is 0.105 e. The third-order valence-electron chi connectivity index (χ3n) is 3.91. The van der Waals surface area contributed by atoms with Crippen molar-refractivity contribution < 1.29 is 4.74 Å². The van der Waals surface area contributed by atoms with Gasteiger partial charge in [-0.15, -0.1) is 0 Å². The molecule has 0 fully saturated rings. The van der Waals surface area contributed by atoms with Crippen molar-refractivity contribution in [1.82, 2.24) is 0 Å². The van der Waals surface area contributed by atoms with Gasteiger partial charge in [0.1, 0.15) is 7.85 Å². The van der Waals surface area contributed by atoms with E-state index in [2.05, 4.69) is 42.5 Å². The van der Waals surface area contributed by atoms with E-state index in [1.54, 1.807) is 0 Å². The zero-order valence-electron chi connectivity index (χ0n) is 13.7. The summed E-state index contributed by atoms with van der Waals surface area (Å²) in [6.07, 6.45) is 8.26. The summed E-state index contributed by atoms with van der Waals surface area (Å²) in [6, 6.07) is 0. The minimum absolute atomic E-state index is 0.440. The molecule has 0 bridgehead atoms. The molecule has 2 heteroatoms. The Hall–Kier alpha value is 0.0249. The van der Waals surface area contributed by atoms with E-state index >= 15 is 0 Å². The summed E-state index contributed by atoms with van der Waals surface area (Å²) in [6.45, 7) is 12.4. The van der Waals surface area contributed by atoms with Gasteiger partial charge < -0.3 is 4.74 Å². The molecule has 18 heavy (non-hydrogen) atoms. The van der Waals surface area contributed by atoms with Crippen molar-refractivity contribution in [2.24, 2.45) is 11.8 Å². The zero-order chi connectivity index (χ0) is 14.0. The third kappa shape index (κ3) is 11.1. The molecule has 0 saturated heterocycles. The van der Waals surface area contributed by atoms with Gasteiger partial charge in [0.05, 0.1) is 6.10 Å². The van der Waals surface area contributed by atoms with E-state index in [0.29, 0.717) is 12.0 Å². The van der Waals surface area contributed by atoms with Crippen LogP contribution in [-0.2, 0) is 4.74 Å². The average molecular weight is 254 g/mol. The zero-order valence-corrected chi connectivity index (χ0v) is 13.7. The Morgan fingerprint density at radius 3 is 2.06 bits per heavy atom. The van der Waals surface area contributed by atoms with E-state index in [1.165, 1.54) is 38.5 Å². The predicted molar refractivity (Wildman–Crippen MR) is 85.1 cm³/mol. The first kappa shape index (κ1) is 18.0. The Kier molecular flexibility index (Phi) is 10.9. The lowest BCUT2D eigenvalue weighted by Crippen LogP contribution is -2.15. The molecule has 0 aromatic heterocycles. The predicted octanol–water partition coefficient (Wildman–Crippen LogP) is 4.47. The molecule has 0 saturated carbocycles. The Labute approximate surface area is 116 Å². The van der Waals surface area contributed by atoms with Gasteiger partial charge in [-0.3, -0.25) is 0 Å². The fourth-order valence-corrected chi connectivity index (χ4v) is 2.08. The normalized spacial score (nSPS) is 18.3. The second kappa shape index (κ2) is 10.9. The third-order valence-corrected chi connectivity index (χ3v) is 3.91. The van der Waals surface area contributed by atoms with E-state index in [4.69, 9.17) is 4.74 Å². The van der Waals surface area contributed by atoms with Gasteiger partial charge in [-0.1, -0.05) is 59.2 Å². The van der Waals surface area contributed by atoms with Crippen LogP contribution >= 0.6 is 0 Å². The average Bonchev–Trinajstić information content (AvgIpc) is 2.32. The number of ether oxygens (including phenoxy) is 1. The summed E-state index contributed by atoms with van der Waals surface area (Å²) in [5, 5.41) is 0. The van der Waals surface area contributed by atoms with Crippen LogP contribution in [0.25, 0.3) is 0 Å². The van der Waals surface area contributed by atoms with Gasteiger partial charge >= 0.3 is 0 Å². The lowest BCUT2D eigenvalue weighted by molar-refractivity contribution is 0.0346. The van der Waals surface area contributed by atoms with Crippen LogP contribution in [0.5, 0.6) is 0 Å². The molecule has 0 aliphatic rings. The summed E-state index contributed by atoms with van der Waals surface area (Å²) in [4.78, 5) is 0. The van der Waals surface area contributed by atoms with Crippen molar-refractivity contribution in [1.29, 1.82) is 0 Å². The van der Waals surface area contributed by atoms with Gasteiger partial charge in [0, 0.05) is 6.61 Å². The van der Waals surface area contributed by atoms with Crippen molar-refractivity contribution >= 4 is 7.85 Å². The van der Waals surface area contributed by atoms with Crippen LogP contribution in [0.15, 0.2) is 0 Å². The molecule has 0 aliphatic heterocycles. The Bertz CT molecular complexity index is 182. The molecule has 108 valence electrons. The SMILES string of the molecule is BC(C)CCCC(C)OCC(C)CCC(C)CC. The first-order valence-electron chi connectivity index (χ1n) is 8.07. The van der Waals surface area contributed by atoms with Crippen LogP contribution in [-0.4, -0.2) is 20.6 Å². The van der Waals surface area contributed by atoms with E-state index in [-0.39, 0.29) is 0 Å². The maximum atomic E-state index is 5.95. The largest absolute Gasteiger partial charge is 0.378 e. The fourth-order valence-electron chi connectivity index (χ4n) is 2.08. The highest BCUT2D eigenvalue weighted by Crippen LogP contribution is 2.17. The molecule has 0 aromatic rings. The highest BCUT2D eigenvalue weighted by atomic mass is 16.5. The molecule has 0 radical (unpaired) electrons. The van der Waals surface area contributed by atoms with E-state index in [0.717, 1.165) is 18.3 Å². The maximum absolute atomic E-state index is 5.95. The second-order valence-corrected chi connectivity index (χ2v) is 6.66. The molecule has 4 unspecified atom stereocenters. The van der Waals surface area contributed by atoms with Crippen molar-refractivity contribution in [2.45, 2.75) is 85.1 Å². The minimum Gasteiger partial charge on any atom is -0.378 e. The second-order valence-electron chi connectivity index (χ2n) is 6.66. The first-order chi connectivity index (χ1) is 8.45. The van der Waals surface area contributed by atoms with Gasteiger partial charge in [-0.2, -0.15) is 0 Å². The summed E-state index contributed by atoms with van der Waals surface area (Å²) in [5.74, 6) is 2.41. The molecule has 4 atom stereocenters. The highest BCUT2D eigenvalue weighted by Gasteiger charge is 2.08. The van der Waals surface area contributed by atoms with E-state index < -0.39 is 0 Å². The number of rotatable bonds is 11. The van der Waals surface area contributed by atoms with Crippen LogP contribution in [0.2, 0.25) is 5.82 Å². The highest BCUT2D eigenvalue weighted by molar-refractivity contribution is 6.11. The number of hydrogen-bond donors (Lipinski definition) is 0. The van der Waals surface area contributed by atoms with Crippen LogP contribution in [0.3, 0.4) is 0 Å². The molecule has 0 N–H and O–H groups in total. The molecule has 0 amide bonds. The van der Waals surface area contributed by atoms with Gasteiger partial charge in [-0.05, 0) is 31.6 Å². The minimum atomic E-state index is 0.440. The Balaban J connectivity index is 3.49. The Morgan fingerprint density at radius 1 is 0.889 bits per heavy atom. The quantitative estimate of drug-likeness (QED) is 0.494. The summed E-state index contributed by atoms with van der Waals surface area (Å²) in [7, 11) is 2.29. The molecular formula is C16H35BO. The monoisotopic (exact) mass is 254 g/mol. The van der Waals surface area contributed by atoms with Crippen LogP contribution in [0.4, 0.5) is 0 Å². The molecule has 0 spiro atoms. The van der Waals surface area contributed by atoms with Crippen LogP contribution in [0.1, 0.15) is 73.1 Å². The van der Waals surface area contributed by atoms with Crippen molar-refractivity contribution in [3.05, 3.63) is 0 Å². The van der Waals surface area contributed by atoms with Gasteiger partial charge in [0.15, 0.2) is 0 Å². The lowest BCUT2D eigenvalue weighted by Gasteiger charge is -2.18. The van der Waals surface area contributed by atoms with E-state index in [9.17, 15) is 0 Å². The standard InChI is InChI=1S/C16H35BO/c1-6-13(2)10-11-14(3)12-18-16(5)9-7-8-15(4)17/h13-16H,6-12,17H2,1-5H3. The molecular weight excluding hydrogens is 219 g/mol. The molecule has 0 aromatic carbocycles. The molecule has 1 nitrogen and oxygen atoms in total. The first-order valence-corrected chi connectivity index (χ1v) is 8.07. The smallest absolute Gasteiger partial charge is 0.105 e. The summed E-state index contributed by atoms with van der Waals surface area (Å²) < 4.78 is 5.95. The topological polar surface area (TPSA) is 9.23 Å². The summed E-state index contributed by atoms with van der Waals surface area (Å²) >= 11 is 0. The van der Waals surface area contributed by atoms with Gasteiger partial charge in [-0.25, -0.2) is 0 Å². The van der Waals surface area contributed by atoms with Crippen molar-refractivity contribution in [2.75, 3.05) is 6.61 Å². The molecule has 0 aliphatic carbocycles. The van der Waals surface area contributed by atoms with Crippen molar-refractivity contribution in [3.63, 3.8) is 0 Å². The fraction of sp³-hybridized carbons (Fsp3) is 1.00. The van der Waals surface area contributed by atoms with Crippen LogP contribution < -0.4 is 0 Å². The van der Waals surface area contributed by atoms with Crippen molar-refractivity contribution in [3.8, 4) is 0 Å².